The third-order valence-corrected chi connectivity index (χ3v) is 2.73. The lowest BCUT2D eigenvalue weighted by molar-refractivity contribution is 0.867. The molecule has 2 N–H and O–H groups in total. The number of rotatable bonds is 2. The third-order valence-electron chi connectivity index (χ3n) is 2.73. The normalized spacial score (nSPS) is 10.8. The molecular formula is C14H17N3. The Hall–Kier alpha value is -1.90. The number of aryl methyl sites for hydroxylation is 1. The van der Waals surface area contributed by atoms with Gasteiger partial charge in [0, 0.05) is 11.6 Å². The van der Waals surface area contributed by atoms with Gasteiger partial charge in [0.25, 0.3) is 0 Å². The first-order chi connectivity index (χ1) is 8.06. The van der Waals surface area contributed by atoms with Crippen molar-refractivity contribution in [2.75, 3.05) is 5.73 Å². The highest BCUT2D eigenvalue weighted by Crippen LogP contribution is 2.22. The first kappa shape index (κ1) is 11.6. The molecule has 0 aliphatic heterocycles. The number of hydrogen-bond acceptors (Lipinski definition) is 3. The highest BCUT2D eigenvalue weighted by Gasteiger charge is 2.04. The molecule has 0 spiro atoms. The zero-order valence-electron chi connectivity index (χ0n) is 10.4. The van der Waals surface area contributed by atoms with Crippen molar-refractivity contribution in [2.45, 2.75) is 26.7 Å². The summed E-state index contributed by atoms with van der Waals surface area (Å²) < 4.78 is 0. The second-order valence-corrected chi connectivity index (χ2v) is 4.50. The Morgan fingerprint density at radius 3 is 2.24 bits per heavy atom. The van der Waals surface area contributed by atoms with E-state index in [0.29, 0.717) is 17.6 Å². The molecule has 0 fully saturated rings. The summed E-state index contributed by atoms with van der Waals surface area (Å²) in [4.78, 5) is 8.46. The van der Waals surface area contributed by atoms with Crippen LogP contribution in [0.4, 0.5) is 5.82 Å². The van der Waals surface area contributed by atoms with Crippen LogP contribution in [0.15, 0.2) is 30.3 Å². The summed E-state index contributed by atoms with van der Waals surface area (Å²) in [6.07, 6.45) is 0. The molecule has 88 valence electrons. The quantitative estimate of drug-likeness (QED) is 0.857. The van der Waals surface area contributed by atoms with Crippen molar-refractivity contribution in [1.29, 1.82) is 0 Å². The monoisotopic (exact) mass is 227 g/mol. The standard InChI is InChI=1S/C14H17N3/c1-9(2)11-4-6-12(7-5-11)13-8-14(15)17-10(3)16-13/h4-9H,1-3H3,(H2,15,16,17). The van der Waals surface area contributed by atoms with E-state index in [9.17, 15) is 0 Å². The zero-order valence-corrected chi connectivity index (χ0v) is 10.4. The van der Waals surface area contributed by atoms with E-state index in [-0.39, 0.29) is 0 Å². The molecule has 2 aromatic rings. The van der Waals surface area contributed by atoms with Gasteiger partial charge in [0.1, 0.15) is 11.6 Å². The van der Waals surface area contributed by atoms with Gasteiger partial charge in [0.15, 0.2) is 0 Å². The Kier molecular flexibility index (Phi) is 3.09. The minimum absolute atomic E-state index is 0.514. The zero-order chi connectivity index (χ0) is 12.4. The van der Waals surface area contributed by atoms with Gasteiger partial charge in [-0.25, -0.2) is 9.97 Å². The molecule has 2 rings (SSSR count). The fourth-order valence-corrected chi connectivity index (χ4v) is 1.78. The lowest BCUT2D eigenvalue weighted by atomic mass is 10.0. The summed E-state index contributed by atoms with van der Waals surface area (Å²) in [5.74, 6) is 1.76. The molecule has 0 atom stereocenters. The smallest absolute Gasteiger partial charge is 0.128 e. The van der Waals surface area contributed by atoms with E-state index in [4.69, 9.17) is 5.73 Å². The largest absolute Gasteiger partial charge is 0.384 e. The Morgan fingerprint density at radius 1 is 1.06 bits per heavy atom. The minimum Gasteiger partial charge on any atom is -0.384 e. The molecule has 3 nitrogen and oxygen atoms in total. The molecular weight excluding hydrogens is 210 g/mol. The average molecular weight is 227 g/mol. The topological polar surface area (TPSA) is 51.8 Å². The molecule has 1 heterocycles. The molecule has 0 radical (unpaired) electrons. The van der Waals surface area contributed by atoms with Crippen molar-refractivity contribution in [1.82, 2.24) is 9.97 Å². The molecule has 1 aromatic heterocycles. The Bertz CT molecular complexity index is 495. The fourth-order valence-electron chi connectivity index (χ4n) is 1.78. The molecule has 0 aliphatic rings. The van der Waals surface area contributed by atoms with Crippen LogP contribution in [0, 0.1) is 6.92 Å². The highest BCUT2D eigenvalue weighted by molar-refractivity contribution is 5.62. The van der Waals surface area contributed by atoms with Crippen LogP contribution in [0.3, 0.4) is 0 Å². The van der Waals surface area contributed by atoms with Gasteiger partial charge in [-0.15, -0.1) is 0 Å². The van der Waals surface area contributed by atoms with Crippen molar-refractivity contribution < 1.29 is 0 Å². The van der Waals surface area contributed by atoms with Gasteiger partial charge < -0.3 is 5.73 Å². The van der Waals surface area contributed by atoms with Gasteiger partial charge in [-0.05, 0) is 18.4 Å². The SMILES string of the molecule is Cc1nc(N)cc(-c2ccc(C(C)C)cc2)n1. The highest BCUT2D eigenvalue weighted by atomic mass is 14.9. The summed E-state index contributed by atoms with van der Waals surface area (Å²) in [7, 11) is 0. The Labute approximate surface area is 102 Å². The molecule has 0 aliphatic carbocycles. The van der Waals surface area contributed by atoms with Crippen molar-refractivity contribution in [3.8, 4) is 11.3 Å². The lowest BCUT2D eigenvalue weighted by Crippen LogP contribution is -1.97. The van der Waals surface area contributed by atoms with Gasteiger partial charge >= 0.3 is 0 Å². The van der Waals surface area contributed by atoms with Crippen LogP contribution < -0.4 is 5.73 Å². The van der Waals surface area contributed by atoms with Crippen molar-refractivity contribution in [3.63, 3.8) is 0 Å². The summed E-state index contributed by atoms with van der Waals surface area (Å²) in [6, 6.07) is 10.2. The molecule has 0 amide bonds. The number of hydrogen-bond donors (Lipinski definition) is 1. The maximum atomic E-state index is 5.72. The van der Waals surface area contributed by atoms with E-state index in [1.54, 1.807) is 6.07 Å². The fraction of sp³-hybridized carbons (Fsp3) is 0.286. The number of aromatic nitrogens is 2. The molecule has 0 saturated carbocycles. The van der Waals surface area contributed by atoms with Crippen molar-refractivity contribution >= 4 is 5.82 Å². The van der Waals surface area contributed by atoms with E-state index >= 15 is 0 Å². The predicted molar refractivity (Wildman–Crippen MR) is 70.7 cm³/mol. The Balaban J connectivity index is 2.39. The van der Waals surface area contributed by atoms with Gasteiger partial charge in [0.2, 0.25) is 0 Å². The molecule has 1 aromatic carbocycles. The van der Waals surface area contributed by atoms with Gasteiger partial charge in [-0.1, -0.05) is 38.1 Å². The summed E-state index contributed by atoms with van der Waals surface area (Å²) in [5, 5.41) is 0. The Morgan fingerprint density at radius 2 is 1.71 bits per heavy atom. The van der Waals surface area contributed by atoms with Crippen LogP contribution in [0.1, 0.15) is 31.2 Å². The number of nitrogens with zero attached hydrogens (tertiary/aromatic N) is 2. The number of nitrogen functional groups attached to an aromatic ring is 1. The van der Waals surface area contributed by atoms with Crippen LogP contribution >= 0.6 is 0 Å². The van der Waals surface area contributed by atoms with Crippen LogP contribution in [-0.2, 0) is 0 Å². The van der Waals surface area contributed by atoms with E-state index in [2.05, 4.69) is 48.1 Å². The molecule has 17 heavy (non-hydrogen) atoms. The average Bonchev–Trinajstić information content (AvgIpc) is 2.28. The molecule has 0 unspecified atom stereocenters. The van der Waals surface area contributed by atoms with Crippen LogP contribution in [-0.4, -0.2) is 9.97 Å². The molecule has 0 saturated heterocycles. The van der Waals surface area contributed by atoms with E-state index < -0.39 is 0 Å². The third kappa shape index (κ3) is 2.61. The summed E-state index contributed by atoms with van der Waals surface area (Å²) in [5.41, 5.74) is 9.01. The van der Waals surface area contributed by atoms with Crippen LogP contribution in [0.25, 0.3) is 11.3 Å². The van der Waals surface area contributed by atoms with E-state index in [1.165, 1.54) is 5.56 Å². The molecule has 0 bridgehead atoms. The number of nitrogens with two attached hydrogens (primary N) is 1. The second-order valence-electron chi connectivity index (χ2n) is 4.50. The van der Waals surface area contributed by atoms with Crippen LogP contribution in [0.5, 0.6) is 0 Å². The predicted octanol–water partition coefficient (Wildman–Crippen LogP) is 3.16. The van der Waals surface area contributed by atoms with E-state index in [0.717, 1.165) is 11.3 Å². The summed E-state index contributed by atoms with van der Waals surface area (Å²) >= 11 is 0. The van der Waals surface area contributed by atoms with Crippen LogP contribution in [0.2, 0.25) is 0 Å². The second kappa shape index (κ2) is 4.53. The van der Waals surface area contributed by atoms with Gasteiger partial charge in [0.05, 0.1) is 5.69 Å². The summed E-state index contributed by atoms with van der Waals surface area (Å²) in [6.45, 7) is 6.21. The maximum Gasteiger partial charge on any atom is 0.128 e. The number of anilines is 1. The van der Waals surface area contributed by atoms with Gasteiger partial charge in [-0.2, -0.15) is 0 Å². The molecule has 3 heteroatoms. The number of benzene rings is 1. The van der Waals surface area contributed by atoms with Crippen molar-refractivity contribution in [2.24, 2.45) is 0 Å². The minimum atomic E-state index is 0.514. The first-order valence-corrected chi connectivity index (χ1v) is 5.78. The van der Waals surface area contributed by atoms with Gasteiger partial charge in [-0.3, -0.25) is 0 Å². The van der Waals surface area contributed by atoms with Crippen molar-refractivity contribution in [3.05, 3.63) is 41.7 Å². The maximum absolute atomic E-state index is 5.72. The first-order valence-electron chi connectivity index (χ1n) is 5.78. The lowest BCUT2D eigenvalue weighted by Gasteiger charge is -2.07. The van der Waals surface area contributed by atoms with E-state index in [1.807, 2.05) is 6.92 Å².